The molecule has 0 bridgehead atoms. The first kappa shape index (κ1) is 19.2. The SMILES string of the molecule is CCCN(C)CCCOC(=O)OCCCN(C)CCC. The van der Waals surface area contributed by atoms with Crippen LogP contribution >= 0.6 is 0 Å². The minimum atomic E-state index is -0.540. The van der Waals surface area contributed by atoms with Gasteiger partial charge in [0.2, 0.25) is 0 Å². The summed E-state index contributed by atoms with van der Waals surface area (Å²) in [6, 6.07) is 0. The van der Waals surface area contributed by atoms with E-state index >= 15 is 0 Å². The minimum absolute atomic E-state index is 0.433. The van der Waals surface area contributed by atoms with Crippen molar-refractivity contribution in [2.45, 2.75) is 39.5 Å². The Balaban J connectivity index is 3.37. The maximum Gasteiger partial charge on any atom is 0.508 e. The highest BCUT2D eigenvalue weighted by Crippen LogP contribution is 1.95. The lowest BCUT2D eigenvalue weighted by Gasteiger charge is -2.15. The van der Waals surface area contributed by atoms with Crippen LogP contribution in [0.15, 0.2) is 0 Å². The second kappa shape index (κ2) is 13.2. The molecule has 120 valence electrons. The van der Waals surface area contributed by atoms with Gasteiger partial charge in [-0.3, -0.25) is 0 Å². The summed E-state index contributed by atoms with van der Waals surface area (Å²) in [5.41, 5.74) is 0. The second-order valence-electron chi connectivity index (χ2n) is 5.26. The average molecular weight is 288 g/mol. The summed E-state index contributed by atoms with van der Waals surface area (Å²) in [6.07, 6.45) is 3.45. The van der Waals surface area contributed by atoms with E-state index in [9.17, 15) is 4.79 Å². The third kappa shape index (κ3) is 12.2. The van der Waals surface area contributed by atoms with Gasteiger partial charge in [0.15, 0.2) is 0 Å². The molecule has 0 amide bonds. The zero-order chi connectivity index (χ0) is 15.2. The van der Waals surface area contributed by atoms with Gasteiger partial charge < -0.3 is 19.3 Å². The van der Waals surface area contributed by atoms with Crippen LogP contribution in [0.5, 0.6) is 0 Å². The molecule has 0 saturated heterocycles. The van der Waals surface area contributed by atoms with Crippen LogP contribution in [0.4, 0.5) is 4.79 Å². The van der Waals surface area contributed by atoms with E-state index in [4.69, 9.17) is 9.47 Å². The predicted octanol–water partition coefficient (Wildman–Crippen LogP) is 2.60. The third-order valence-electron chi connectivity index (χ3n) is 3.02. The molecule has 0 aromatic carbocycles. The molecule has 0 spiro atoms. The van der Waals surface area contributed by atoms with E-state index in [1.165, 1.54) is 0 Å². The average Bonchev–Trinajstić information content (AvgIpc) is 2.40. The van der Waals surface area contributed by atoms with Gasteiger partial charge in [-0.2, -0.15) is 0 Å². The van der Waals surface area contributed by atoms with Crippen LogP contribution in [-0.2, 0) is 9.47 Å². The van der Waals surface area contributed by atoms with Crippen LogP contribution in [0, 0.1) is 0 Å². The quantitative estimate of drug-likeness (QED) is 0.408. The van der Waals surface area contributed by atoms with Gasteiger partial charge in [-0.25, -0.2) is 4.79 Å². The first-order valence-corrected chi connectivity index (χ1v) is 7.76. The largest absolute Gasteiger partial charge is 0.508 e. The first-order valence-electron chi connectivity index (χ1n) is 7.76. The molecule has 0 aromatic rings. The fourth-order valence-corrected chi connectivity index (χ4v) is 2.01. The van der Waals surface area contributed by atoms with E-state index in [-0.39, 0.29) is 0 Å². The molecule has 0 unspecified atom stereocenters. The maximum atomic E-state index is 11.3. The Labute approximate surface area is 124 Å². The van der Waals surface area contributed by atoms with E-state index in [0.29, 0.717) is 13.2 Å². The second-order valence-corrected chi connectivity index (χ2v) is 5.26. The fourth-order valence-electron chi connectivity index (χ4n) is 2.01. The number of carbonyl (C=O) groups excluding carboxylic acids is 1. The van der Waals surface area contributed by atoms with Crippen LogP contribution < -0.4 is 0 Å². The number of hydrogen-bond donors (Lipinski definition) is 0. The molecule has 0 fully saturated rings. The number of rotatable bonds is 12. The standard InChI is InChI=1S/C15H32N2O3/c1-5-9-16(3)11-7-13-19-15(18)20-14-8-12-17(4)10-6-2/h5-14H2,1-4H3. The lowest BCUT2D eigenvalue weighted by molar-refractivity contribution is 0.0506. The van der Waals surface area contributed by atoms with Crippen molar-refractivity contribution in [3.05, 3.63) is 0 Å². The summed E-state index contributed by atoms with van der Waals surface area (Å²) in [6.45, 7) is 9.23. The molecule has 0 N–H and O–H groups in total. The molecule has 20 heavy (non-hydrogen) atoms. The zero-order valence-corrected chi connectivity index (χ0v) is 13.7. The minimum Gasteiger partial charge on any atom is -0.434 e. The van der Waals surface area contributed by atoms with Gasteiger partial charge in [-0.15, -0.1) is 0 Å². The molecule has 0 radical (unpaired) electrons. The number of hydrogen-bond acceptors (Lipinski definition) is 5. The van der Waals surface area contributed by atoms with Crippen LogP contribution in [0.25, 0.3) is 0 Å². The summed E-state index contributed by atoms with van der Waals surface area (Å²) in [5, 5.41) is 0. The summed E-state index contributed by atoms with van der Waals surface area (Å²) < 4.78 is 10.0. The van der Waals surface area contributed by atoms with Gasteiger partial charge in [-0.05, 0) is 52.9 Å². The summed E-state index contributed by atoms with van der Waals surface area (Å²) in [5.74, 6) is 0. The van der Waals surface area contributed by atoms with Gasteiger partial charge in [0.05, 0.1) is 13.2 Å². The van der Waals surface area contributed by atoms with Crippen molar-refractivity contribution in [2.24, 2.45) is 0 Å². The summed E-state index contributed by atoms with van der Waals surface area (Å²) in [4.78, 5) is 15.8. The third-order valence-corrected chi connectivity index (χ3v) is 3.02. The van der Waals surface area contributed by atoms with E-state index in [1.807, 2.05) is 0 Å². The maximum absolute atomic E-state index is 11.3. The van der Waals surface area contributed by atoms with Crippen LogP contribution in [0.1, 0.15) is 39.5 Å². The predicted molar refractivity (Wildman–Crippen MR) is 82.1 cm³/mol. The van der Waals surface area contributed by atoms with Crippen LogP contribution in [-0.4, -0.2) is 69.4 Å². The zero-order valence-electron chi connectivity index (χ0n) is 13.7. The van der Waals surface area contributed by atoms with Gasteiger partial charge in [0.25, 0.3) is 0 Å². The Hall–Kier alpha value is -0.810. The van der Waals surface area contributed by atoms with Gasteiger partial charge in [0, 0.05) is 13.1 Å². The van der Waals surface area contributed by atoms with Crippen molar-refractivity contribution in [1.29, 1.82) is 0 Å². The van der Waals surface area contributed by atoms with E-state index in [0.717, 1.165) is 51.9 Å². The molecular formula is C15H32N2O3. The van der Waals surface area contributed by atoms with Crippen molar-refractivity contribution in [3.8, 4) is 0 Å². The Morgan fingerprint density at radius 2 is 1.20 bits per heavy atom. The normalized spacial score (nSPS) is 11.1. The molecule has 0 atom stereocenters. The molecule has 0 aliphatic heterocycles. The molecule has 0 aromatic heterocycles. The van der Waals surface area contributed by atoms with Gasteiger partial charge in [-0.1, -0.05) is 13.8 Å². The number of ether oxygens (including phenoxy) is 2. The van der Waals surface area contributed by atoms with E-state index in [2.05, 4.69) is 37.7 Å². The van der Waals surface area contributed by atoms with Crippen LogP contribution in [0.2, 0.25) is 0 Å². The number of carbonyl (C=O) groups is 1. The molecule has 0 heterocycles. The molecule has 0 rings (SSSR count). The van der Waals surface area contributed by atoms with Crippen molar-refractivity contribution in [3.63, 3.8) is 0 Å². The summed E-state index contributed by atoms with van der Waals surface area (Å²) in [7, 11) is 4.16. The Bertz CT molecular complexity index is 215. The lowest BCUT2D eigenvalue weighted by atomic mass is 10.4. The van der Waals surface area contributed by atoms with E-state index < -0.39 is 6.16 Å². The van der Waals surface area contributed by atoms with Crippen molar-refractivity contribution in [1.82, 2.24) is 9.80 Å². The van der Waals surface area contributed by atoms with Gasteiger partial charge >= 0.3 is 6.16 Å². The monoisotopic (exact) mass is 288 g/mol. The molecule has 5 nitrogen and oxygen atoms in total. The molecule has 0 saturated carbocycles. The lowest BCUT2D eigenvalue weighted by Crippen LogP contribution is -2.23. The first-order chi connectivity index (χ1) is 9.60. The van der Waals surface area contributed by atoms with Crippen molar-refractivity contribution in [2.75, 3.05) is 53.5 Å². The molecular weight excluding hydrogens is 256 g/mol. The topological polar surface area (TPSA) is 42.0 Å². The highest BCUT2D eigenvalue weighted by Gasteiger charge is 2.04. The smallest absolute Gasteiger partial charge is 0.434 e. The fraction of sp³-hybridized carbons (Fsp3) is 0.933. The van der Waals surface area contributed by atoms with Gasteiger partial charge in [0.1, 0.15) is 0 Å². The van der Waals surface area contributed by atoms with Crippen molar-refractivity contribution < 1.29 is 14.3 Å². The highest BCUT2D eigenvalue weighted by atomic mass is 16.7. The van der Waals surface area contributed by atoms with E-state index in [1.54, 1.807) is 0 Å². The summed E-state index contributed by atoms with van der Waals surface area (Å²) >= 11 is 0. The van der Waals surface area contributed by atoms with Crippen molar-refractivity contribution >= 4 is 6.16 Å². The molecule has 0 aliphatic carbocycles. The Morgan fingerprint density at radius 1 is 0.800 bits per heavy atom. The Kier molecular flexibility index (Phi) is 12.7. The molecule has 0 aliphatic rings. The Morgan fingerprint density at radius 3 is 1.55 bits per heavy atom. The van der Waals surface area contributed by atoms with Crippen LogP contribution in [0.3, 0.4) is 0 Å². The highest BCUT2D eigenvalue weighted by molar-refractivity contribution is 5.59. The molecule has 5 heteroatoms. The number of nitrogens with zero attached hydrogens (tertiary/aromatic N) is 2.